The molecule has 2 unspecified atom stereocenters. The standard InChI is InChI=1S/C25H34N4O4/c1-4-8-21(23(26)33-25(32)27-2)29(3)24(31)20-13-11-18(12-14-20)15-16-28-17-22(30)19-9-6-5-7-10-19/h5-7,9-14,21-22,26,28,30H,4,8,15-17H2,1-3H3,(H,27,32). The molecule has 0 aliphatic carbocycles. The molecule has 2 atom stereocenters. The van der Waals surface area contributed by atoms with E-state index < -0.39 is 18.2 Å². The van der Waals surface area contributed by atoms with Crippen LogP contribution in [0.4, 0.5) is 4.79 Å². The van der Waals surface area contributed by atoms with E-state index in [0.29, 0.717) is 25.1 Å². The molecule has 0 spiro atoms. The van der Waals surface area contributed by atoms with Gasteiger partial charge in [0, 0.05) is 26.2 Å². The molecule has 0 saturated carbocycles. The highest BCUT2D eigenvalue weighted by molar-refractivity contribution is 5.98. The maximum atomic E-state index is 12.9. The molecule has 178 valence electrons. The fraction of sp³-hybridized carbons (Fsp3) is 0.400. The Balaban J connectivity index is 1.88. The third-order valence-corrected chi connectivity index (χ3v) is 5.37. The third-order valence-electron chi connectivity index (χ3n) is 5.37. The number of alkyl carbamates (subject to hydrolysis) is 1. The minimum Gasteiger partial charge on any atom is -0.394 e. The molecule has 0 fully saturated rings. The van der Waals surface area contributed by atoms with Crippen molar-refractivity contribution in [2.75, 3.05) is 27.2 Å². The van der Waals surface area contributed by atoms with E-state index in [-0.39, 0.29) is 11.8 Å². The molecule has 2 aromatic rings. The molecular formula is C25H34N4O4. The first-order chi connectivity index (χ1) is 15.9. The van der Waals surface area contributed by atoms with Gasteiger partial charge >= 0.3 is 6.09 Å². The van der Waals surface area contributed by atoms with Gasteiger partial charge in [-0.15, -0.1) is 0 Å². The maximum Gasteiger partial charge on any atom is 0.413 e. The fourth-order valence-electron chi connectivity index (χ4n) is 3.42. The number of benzene rings is 2. The minimum atomic E-state index is -0.726. The van der Waals surface area contributed by atoms with Crippen LogP contribution in [-0.4, -0.2) is 61.1 Å². The molecule has 0 saturated heterocycles. The molecule has 0 aliphatic rings. The summed E-state index contributed by atoms with van der Waals surface area (Å²) in [6.45, 7) is 3.11. The van der Waals surface area contributed by atoms with Crippen molar-refractivity contribution in [3.63, 3.8) is 0 Å². The van der Waals surface area contributed by atoms with Crippen molar-refractivity contribution in [3.8, 4) is 0 Å². The van der Waals surface area contributed by atoms with Crippen LogP contribution < -0.4 is 10.6 Å². The number of hydrogen-bond acceptors (Lipinski definition) is 6. The van der Waals surface area contributed by atoms with E-state index in [4.69, 9.17) is 10.1 Å². The van der Waals surface area contributed by atoms with Crippen molar-refractivity contribution in [3.05, 3.63) is 71.3 Å². The Labute approximate surface area is 195 Å². The van der Waals surface area contributed by atoms with Crippen LogP contribution in [0.25, 0.3) is 0 Å². The number of nitrogens with zero attached hydrogens (tertiary/aromatic N) is 1. The van der Waals surface area contributed by atoms with Gasteiger partial charge in [-0.3, -0.25) is 10.2 Å². The van der Waals surface area contributed by atoms with E-state index in [1.54, 1.807) is 19.2 Å². The van der Waals surface area contributed by atoms with Gasteiger partial charge in [0.15, 0.2) is 0 Å². The number of carbonyl (C=O) groups is 2. The van der Waals surface area contributed by atoms with Crippen LogP contribution in [0.15, 0.2) is 54.6 Å². The summed E-state index contributed by atoms with van der Waals surface area (Å²) in [5.41, 5.74) is 2.45. The summed E-state index contributed by atoms with van der Waals surface area (Å²) in [4.78, 5) is 25.8. The Hall–Kier alpha value is -3.23. The average molecular weight is 455 g/mol. The van der Waals surface area contributed by atoms with E-state index in [1.807, 2.05) is 49.4 Å². The second-order valence-corrected chi connectivity index (χ2v) is 7.80. The molecule has 0 aromatic heterocycles. The van der Waals surface area contributed by atoms with E-state index in [1.165, 1.54) is 11.9 Å². The molecule has 8 heteroatoms. The van der Waals surface area contributed by atoms with Gasteiger partial charge in [-0.2, -0.15) is 0 Å². The Morgan fingerprint density at radius 3 is 2.39 bits per heavy atom. The van der Waals surface area contributed by atoms with Crippen molar-refractivity contribution in [2.24, 2.45) is 0 Å². The lowest BCUT2D eigenvalue weighted by atomic mass is 10.1. The lowest BCUT2D eigenvalue weighted by Crippen LogP contribution is -2.44. The van der Waals surface area contributed by atoms with Gasteiger partial charge in [0.25, 0.3) is 5.91 Å². The van der Waals surface area contributed by atoms with Crippen molar-refractivity contribution in [1.82, 2.24) is 15.5 Å². The van der Waals surface area contributed by atoms with Crippen LogP contribution in [0.5, 0.6) is 0 Å². The number of carbonyl (C=O) groups excluding carboxylic acids is 2. The Morgan fingerprint density at radius 1 is 1.12 bits per heavy atom. The molecule has 2 aromatic carbocycles. The highest BCUT2D eigenvalue weighted by Crippen LogP contribution is 2.14. The first-order valence-corrected chi connectivity index (χ1v) is 11.1. The van der Waals surface area contributed by atoms with Gasteiger partial charge in [-0.05, 0) is 42.6 Å². The first kappa shape index (κ1) is 26.0. The highest BCUT2D eigenvalue weighted by atomic mass is 16.6. The van der Waals surface area contributed by atoms with E-state index in [9.17, 15) is 14.7 Å². The van der Waals surface area contributed by atoms with Crippen molar-refractivity contribution < 1.29 is 19.4 Å². The van der Waals surface area contributed by atoms with Gasteiger partial charge in [0.1, 0.15) is 6.04 Å². The number of amides is 2. The number of likely N-dealkylation sites (N-methyl/N-ethyl adjacent to an activating group) is 1. The zero-order valence-corrected chi connectivity index (χ0v) is 19.5. The largest absolute Gasteiger partial charge is 0.413 e. The lowest BCUT2D eigenvalue weighted by Gasteiger charge is -2.27. The molecule has 0 aliphatic heterocycles. The van der Waals surface area contributed by atoms with Crippen molar-refractivity contribution in [2.45, 2.75) is 38.3 Å². The number of rotatable bonds is 11. The predicted octanol–water partition coefficient (Wildman–Crippen LogP) is 3.13. The topological polar surface area (TPSA) is 115 Å². The number of nitrogens with one attached hydrogen (secondary N) is 3. The Morgan fingerprint density at radius 2 is 1.79 bits per heavy atom. The maximum absolute atomic E-state index is 12.9. The van der Waals surface area contributed by atoms with Crippen molar-refractivity contribution in [1.29, 1.82) is 5.41 Å². The average Bonchev–Trinajstić information content (AvgIpc) is 2.84. The summed E-state index contributed by atoms with van der Waals surface area (Å²) in [5, 5.41) is 23.8. The molecule has 2 amide bonds. The number of aliphatic hydroxyl groups excluding tert-OH is 1. The van der Waals surface area contributed by atoms with Crippen molar-refractivity contribution >= 4 is 17.9 Å². The van der Waals surface area contributed by atoms with Crippen LogP contribution in [0.1, 0.15) is 47.4 Å². The Kier molecular flexibility index (Phi) is 10.5. The lowest BCUT2D eigenvalue weighted by molar-refractivity contribution is 0.0750. The molecule has 0 bridgehead atoms. The Bertz CT molecular complexity index is 902. The fourth-order valence-corrected chi connectivity index (χ4v) is 3.42. The summed E-state index contributed by atoms with van der Waals surface area (Å²) < 4.78 is 4.96. The third kappa shape index (κ3) is 8.00. The first-order valence-electron chi connectivity index (χ1n) is 11.1. The summed E-state index contributed by atoms with van der Waals surface area (Å²) in [7, 11) is 3.03. The molecule has 0 radical (unpaired) electrons. The zero-order valence-electron chi connectivity index (χ0n) is 19.5. The van der Waals surface area contributed by atoms with Crippen LogP contribution in [-0.2, 0) is 11.2 Å². The second kappa shape index (κ2) is 13.3. The van der Waals surface area contributed by atoms with E-state index in [0.717, 1.165) is 24.0 Å². The summed E-state index contributed by atoms with van der Waals surface area (Å²) in [6, 6.07) is 16.2. The van der Waals surface area contributed by atoms with Crippen LogP contribution in [0.2, 0.25) is 0 Å². The number of aliphatic hydroxyl groups is 1. The molecule has 4 N–H and O–H groups in total. The predicted molar refractivity (Wildman–Crippen MR) is 128 cm³/mol. The monoisotopic (exact) mass is 454 g/mol. The van der Waals surface area contributed by atoms with E-state index in [2.05, 4.69) is 10.6 Å². The van der Waals surface area contributed by atoms with Crippen LogP contribution >= 0.6 is 0 Å². The molecule has 33 heavy (non-hydrogen) atoms. The molecular weight excluding hydrogens is 420 g/mol. The molecule has 8 nitrogen and oxygen atoms in total. The molecule has 2 rings (SSSR count). The SMILES string of the molecule is CCCC(C(=N)OC(=O)NC)N(C)C(=O)c1ccc(CCNCC(O)c2ccccc2)cc1. The quantitative estimate of drug-likeness (QED) is 0.237. The minimum absolute atomic E-state index is 0.241. The van der Waals surface area contributed by atoms with E-state index >= 15 is 0 Å². The summed E-state index contributed by atoms with van der Waals surface area (Å²) >= 11 is 0. The van der Waals surface area contributed by atoms with Crippen LogP contribution in [0.3, 0.4) is 0 Å². The number of hydrogen-bond donors (Lipinski definition) is 4. The smallest absolute Gasteiger partial charge is 0.394 e. The van der Waals surface area contributed by atoms with Gasteiger partial charge in [0.05, 0.1) is 6.10 Å². The van der Waals surface area contributed by atoms with Crippen LogP contribution in [0, 0.1) is 5.41 Å². The molecule has 0 heterocycles. The van der Waals surface area contributed by atoms with Gasteiger partial charge in [0.2, 0.25) is 5.90 Å². The van der Waals surface area contributed by atoms with Gasteiger partial charge in [-0.1, -0.05) is 55.8 Å². The zero-order chi connectivity index (χ0) is 24.2. The summed E-state index contributed by atoms with van der Waals surface area (Å²) in [5.74, 6) is -0.498. The van der Waals surface area contributed by atoms with Gasteiger partial charge in [-0.25, -0.2) is 4.79 Å². The highest BCUT2D eigenvalue weighted by Gasteiger charge is 2.27. The normalized spacial score (nSPS) is 12.5. The summed E-state index contributed by atoms with van der Waals surface area (Å²) in [6.07, 6.45) is 0.721. The number of ether oxygens (including phenoxy) is 1. The second-order valence-electron chi connectivity index (χ2n) is 7.80. The van der Waals surface area contributed by atoms with Gasteiger partial charge < -0.3 is 25.4 Å².